The topological polar surface area (TPSA) is 114 Å². The number of carbonyl (C=O) groups is 3. The quantitative estimate of drug-likeness (QED) is 0.202. The molecule has 0 radical (unpaired) electrons. The van der Waals surface area contributed by atoms with Gasteiger partial charge in [0.05, 0.1) is 13.7 Å². The van der Waals surface area contributed by atoms with Crippen LogP contribution in [-0.4, -0.2) is 49.2 Å². The summed E-state index contributed by atoms with van der Waals surface area (Å²) in [5.41, 5.74) is 2.78. The summed E-state index contributed by atoms with van der Waals surface area (Å²) in [5.74, 6) is -0.125. The number of aliphatic carboxylic acids is 1. The van der Waals surface area contributed by atoms with Crippen LogP contribution in [0.4, 0.5) is 0 Å². The molecule has 8 nitrogen and oxygen atoms in total. The zero-order valence-corrected chi connectivity index (χ0v) is 22.0. The van der Waals surface area contributed by atoms with Crippen molar-refractivity contribution in [3.63, 3.8) is 0 Å². The largest absolute Gasteiger partial charge is 0.497 e. The molecular weight excluding hydrogens is 496 g/mol. The fourth-order valence-electron chi connectivity index (χ4n) is 3.78. The number of benzene rings is 3. The number of hydrogen-bond acceptors (Lipinski definition) is 5. The lowest BCUT2D eigenvalue weighted by molar-refractivity contribution is -0.137. The third-order valence-electron chi connectivity index (χ3n) is 5.90. The van der Waals surface area contributed by atoms with Crippen LogP contribution < -0.4 is 20.1 Å². The number of carbonyl (C=O) groups excluding carboxylic acids is 2. The fraction of sp³-hybridized carbons (Fsp3) is 0.258. The van der Waals surface area contributed by atoms with Gasteiger partial charge in [-0.15, -0.1) is 0 Å². The van der Waals surface area contributed by atoms with Crippen molar-refractivity contribution in [1.29, 1.82) is 0 Å². The third kappa shape index (κ3) is 10.7. The standard InChI is InChI=1S/C31H34N2O6/c1-38-26-14-9-24(10-15-26)19-20-32-31(37)28(33-29(34)18-13-23-6-3-2-4-7-23)22-25-11-16-27(17-12-25)39-21-5-8-30(35)36/h2-4,6-7,9-18,28H,5,8,19-22H2,1H3,(H,32,37)(H,33,34)(H,35,36)/t28-/m0/s1. The van der Waals surface area contributed by atoms with Crippen molar-refractivity contribution in [2.45, 2.75) is 31.7 Å². The average Bonchev–Trinajstić information content (AvgIpc) is 2.95. The van der Waals surface area contributed by atoms with Gasteiger partial charge in [0.1, 0.15) is 17.5 Å². The second-order valence-corrected chi connectivity index (χ2v) is 8.89. The number of rotatable bonds is 15. The van der Waals surface area contributed by atoms with Crippen molar-refractivity contribution in [3.8, 4) is 11.5 Å². The molecule has 0 aromatic heterocycles. The van der Waals surface area contributed by atoms with Crippen LogP contribution in [0.1, 0.15) is 29.5 Å². The van der Waals surface area contributed by atoms with Gasteiger partial charge in [-0.05, 0) is 59.9 Å². The van der Waals surface area contributed by atoms with Crippen molar-refractivity contribution in [2.24, 2.45) is 0 Å². The molecule has 3 rings (SSSR count). The molecule has 0 aliphatic rings. The Morgan fingerprint density at radius 3 is 2.23 bits per heavy atom. The van der Waals surface area contributed by atoms with Crippen molar-refractivity contribution in [1.82, 2.24) is 10.6 Å². The van der Waals surface area contributed by atoms with E-state index in [1.54, 1.807) is 25.3 Å². The molecule has 0 saturated heterocycles. The summed E-state index contributed by atoms with van der Waals surface area (Å²) in [5, 5.41) is 14.5. The van der Waals surface area contributed by atoms with E-state index in [0.29, 0.717) is 38.2 Å². The molecule has 0 saturated carbocycles. The lowest BCUT2D eigenvalue weighted by atomic mass is 10.0. The average molecular weight is 531 g/mol. The van der Waals surface area contributed by atoms with Crippen molar-refractivity contribution in [3.05, 3.63) is 102 Å². The Kier molecular flexibility index (Phi) is 11.6. The van der Waals surface area contributed by atoms with Crippen LogP contribution in [0, 0.1) is 0 Å². The summed E-state index contributed by atoms with van der Waals surface area (Å²) >= 11 is 0. The Morgan fingerprint density at radius 2 is 1.56 bits per heavy atom. The van der Waals surface area contributed by atoms with Crippen LogP contribution >= 0.6 is 0 Å². The van der Waals surface area contributed by atoms with Crippen LogP contribution in [0.5, 0.6) is 11.5 Å². The van der Waals surface area contributed by atoms with Crippen molar-refractivity contribution < 1.29 is 29.0 Å². The van der Waals surface area contributed by atoms with E-state index in [1.165, 1.54) is 6.08 Å². The van der Waals surface area contributed by atoms with Gasteiger partial charge in [-0.25, -0.2) is 0 Å². The number of hydrogen-bond donors (Lipinski definition) is 3. The maximum Gasteiger partial charge on any atom is 0.303 e. The monoisotopic (exact) mass is 530 g/mol. The van der Waals surface area contributed by atoms with Crippen LogP contribution in [0.3, 0.4) is 0 Å². The molecule has 2 amide bonds. The van der Waals surface area contributed by atoms with E-state index in [1.807, 2.05) is 66.7 Å². The molecule has 0 aliphatic heterocycles. The second-order valence-electron chi connectivity index (χ2n) is 8.89. The smallest absolute Gasteiger partial charge is 0.303 e. The Hall–Kier alpha value is -4.59. The minimum absolute atomic E-state index is 0.0474. The summed E-state index contributed by atoms with van der Waals surface area (Å²) in [6.07, 6.45) is 4.51. The highest BCUT2D eigenvalue weighted by Crippen LogP contribution is 2.15. The van der Waals surface area contributed by atoms with Gasteiger partial charge in [-0.1, -0.05) is 54.6 Å². The summed E-state index contributed by atoms with van der Waals surface area (Å²) in [4.78, 5) is 36.4. The van der Waals surface area contributed by atoms with E-state index in [4.69, 9.17) is 14.6 Å². The molecule has 0 bridgehead atoms. The summed E-state index contributed by atoms with van der Waals surface area (Å²) < 4.78 is 10.8. The number of amides is 2. The lowest BCUT2D eigenvalue weighted by Crippen LogP contribution is -2.48. The molecule has 0 fully saturated rings. The SMILES string of the molecule is COc1ccc(CCNC(=O)[C@H](Cc2ccc(OCCCC(=O)O)cc2)NC(=O)C=Cc2ccccc2)cc1. The molecule has 39 heavy (non-hydrogen) atoms. The van der Waals surface area contributed by atoms with Gasteiger partial charge in [-0.2, -0.15) is 0 Å². The molecule has 0 aliphatic carbocycles. The highest BCUT2D eigenvalue weighted by Gasteiger charge is 2.20. The maximum absolute atomic E-state index is 13.1. The van der Waals surface area contributed by atoms with Gasteiger partial charge in [-0.3, -0.25) is 14.4 Å². The minimum Gasteiger partial charge on any atom is -0.497 e. The third-order valence-corrected chi connectivity index (χ3v) is 5.90. The number of methoxy groups -OCH3 is 1. The van der Waals surface area contributed by atoms with Gasteiger partial charge < -0.3 is 25.2 Å². The van der Waals surface area contributed by atoms with Gasteiger partial charge in [0, 0.05) is 25.5 Å². The first-order chi connectivity index (χ1) is 18.9. The van der Waals surface area contributed by atoms with E-state index < -0.39 is 12.0 Å². The highest BCUT2D eigenvalue weighted by atomic mass is 16.5. The first-order valence-corrected chi connectivity index (χ1v) is 12.8. The van der Waals surface area contributed by atoms with E-state index in [0.717, 1.165) is 22.4 Å². The number of nitrogens with one attached hydrogen (secondary N) is 2. The number of carboxylic acids is 1. The van der Waals surface area contributed by atoms with Crippen LogP contribution in [-0.2, 0) is 27.2 Å². The summed E-state index contributed by atoms with van der Waals surface area (Å²) in [6, 6.07) is 23.5. The molecule has 1 atom stereocenters. The molecule has 3 aromatic rings. The fourth-order valence-corrected chi connectivity index (χ4v) is 3.78. The predicted molar refractivity (Wildman–Crippen MR) is 150 cm³/mol. The van der Waals surface area contributed by atoms with E-state index in [-0.39, 0.29) is 18.2 Å². The Morgan fingerprint density at radius 1 is 0.897 bits per heavy atom. The summed E-state index contributed by atoms with van der Waals surface area (Å²) in [6.45, 7) is 0.717. The maximum atomic E-state index is 13.1. The van der Waals surface area contributed by atoms with Gasteiger partial charge >= 0.3 is 5.97 Å². The Labute approximate surface area is 228 Å². The van der Waals surface area contributed by atoms with E-state index in [9.17, 15) is 14.4 Å². The molecular formula is C31H34N2O6. The minimum atomic E-state index is -0.858. The van der Waals surface area contributed by atoms with Crippen LogP contribution in [0.25, 0.3) is 6.08 Å². The zero-order valence-electron chi connectivity index (χ0n) is 22.0. The summed E-state index contributed by atoms with van der Waals surface area (Å²) in [7, 11) is 1.61. The molecule has 3 N–H and O–H groups in total. The first-order valence-electron chi connectivity index (χ1n) is 12.8. The number of ether oxygens (including phenoxy) is 2. The molecule has 8 heteroatoms. The van der Waals surface area contributed by atoms with Crippen molar-refractivity contribution >= 4 is 23.9 Å². The predicted octanol–water partition coefficient (Wildman–Crippen LogP) is 4.04. The number of carboxylic acid groups (broad SMARTS) is 1. The zero-order chi connectivity index (χ0) is 27.9. The molecule has 0 spiro atoms. The molecule has 3 aromatic carbocycles. The van der Waals surface area contributed by atoms with Crippen molar-refractivity contribution in [2.75, 3.05) is 20.3 Å². The van der Waals surface area contributed by atoms with Gasteiger partial charge in [0.2, 0.25) is 11.8 Å². The Balaban J connectivity index is 1.60. The van der Waals surface area contributed by atoms with Gasteiger partial charge in [0.15, 0.2) is 0 Å². The van der Waals surface area contributed by atoms with E-state index >= 15 is 0 Å². The first kappa shape index (κ1) is 29.0. The van der Waals surface area contributed by atoms with Gasteiger partial charge in [0.25, 0.3) is 0 Å². The molecule has 0 heterocycles. The van der Waals surface area contributed by atoms with Crippen LogP contribution in [0.15, 0.2) is 84.9 Å². The normalized spacial score (nSPS) is 11.5. The Bertz CT molecular complexity index is 1220. The van der Waals surface area contributed by atoms with E-state index in [2.05, 4.69) is 10.6 Å². The molecule has 204 valence electrons. The second kappa shape index (κ2) is 15.6. The van der Waals surface area contributed by atoms with Crippen LogP contribution in [0.2, 0.25) is 0 Å². The lowest BCUT2D eigenvalue weighted by Gasteiger charge is -2.18. The molecule has 0 unspecified atom stereocenters. The highest BCUT2D eigenvalue weighted by molar-refractivity contribution is 5.95.